The lowest BCUT2D eigenvalue weighted by Gasteiger charge is -2.12. The average Bonchev–Trinajstić information content (AvgIpc) is 2.56. The zero-order valence-electron chi connectivity index (χ0n) is 14.2. The molecule has 0 bridgehead atoms. The number of hydrogen-bond acceptors (Lipinski definition) is 3. The highest BCUT2D eigenvalue weighted by Crippen LogP contribution is 2.19. The van der Waals surface area contributed by atoms with Gasteiger partial charge in [0.2, 0.25) is 0 Å². The van der Waals surface area contributed by atoms with E-state index in [9.17, 15) is 9.59 Å². The molecule has 5 nitrogen and oxygen atoms in total. The summed E-state index contributed by atoms with van der Waals surface area (Å²) in [6.45, 7) is 6.15. The van der Waals surface area contributed by atoms with Crippen molar-refractivity contribution in [1.82, 2.24) is 5.32 Å². The molecule has 0 aromatic heterocycles. The number of aryl methyl sites for hydroxylation is 2. The standard InChI is InChI=1S/C19H22N2O3/c1-4-20-19(23)15-7-5-6-8-16(15)21-18(22)12-24-17-11-13(2)9-10-14(17)3/h5-11H,4,12H2,1-3H3,(H,20,23)(H,21,22). The van der Waals surface area contributed by atoms with E-state index in [1.54, 1.807) is 24.3 Å². The Kier molecular flexibility index (Phi) is 5.95. The number of para-hydroxylation sites is 1. The average molecular weight is 326 g/mol. The number of nitrogens with one attached hydrogen (secondary N) is 2. The van der Waals surface area contributed by atoms with Crippen molar-refractivity contribution in [2.75, 3.05) is 18.5 Å². The summed E-state index contributed by atoms with van der Waals surface area (Å²) in [5.74, 6) is 0.152. The number of rotatable bonds is 6. The highest BCUT2D eigenvalue weighted by molar-refractivity contribution is 6.04. The van der Waals surface area contributed by atoms with Crippen LogP contribution in [-0.2, 0) is 4.79 Å². The van der Waals surface area contributed by atoms with Crippen LogP contribution < -0.4 is 15.4 Å². The summed E-state index contributed by atoms with van der Waals surface area (Å²) in [7, 11) is 0. The zero-order chi connectivity index (χ0) is 17.5. The fraction of sp³-hybridized carbons (Fsp3) is 0.263. The molecule has 0 unspecified atom stereocenters. The fourth-order valence-corrected chi connectivity index (χ4v) is 2.24. The van der Waals surface area contributed by atoms with Gasteiger partial charge in [-0.25, -0.2) is 0 Å². The van der Waals surface area contributed by atoms with Gasteiger partial charge in [0, 0.05) is 6.54 Å². The van der Waals surface area contributed by atoms with Crippen LogP contribution in [0, 0.1) is 13.8 Å². The van der Waals surface area contributed by atoms with Gasteiger partial charge >= 0.3 is 0 Å². The fourth-order valence-electron chi connectivity index (χ4n) is 2.24. The molecule has 24 heavy (non-hydrogen) atoms. The number of carbonyl (C=O) groups is 2. The van der Waals surface area contributed by atoms with Gasteiger partial charge < -0.3 is 15.4 Å². The molecule has 0 saturated heterocycles. The van der Waals surface area contributed by atoms with Crippen molar-refractivity contribution in [3.05, 3.63) is 59.2 Å². The Hall–Kier alpha value is -2.82. The second kappa shape index (κ2) is 8.15. The van der Waals surface area contributed by atoms with E-state index < -0.39 is 0 Å². The summed E-state index contributed by atoms with van der Waals surface area (Å²) in [6, 6.07) is 12.7. The molecule has 0 atom stereocenters. The first-order valence-corrected chi connectivity index (χ1v) is 7.88. The molecule has 2 aromatic rings. The van der Waals surface area contributed by atoms with Gasteiger partial charge in [-0.05, 0) is 50.1 Å². The summed E-state index contributed by atoms with van der Waals surface area (Å²) in [5.41, 5.74) is 2.94. The van der Waals surface area contributed by atoms with E-state index in [0.29, 0.717) is 23.5 Å². The first-order chi connectivity index (χ1) is 11.5. The highest BCUT2D eigenvalue weighted by atomic mass is 16.5. The molecule has 126 valence electrons. The van der Waals surface area contributed by atoms with Crippen molar-refractivity contribution in [2.45, 2.75) is 20.8 Å². The first kappa shape index (κ1) is 17.5. The van der Waals surface area contributed by atoms with Crippen LogP contribution in [0.2, 0.25) is 0 Å². The Morgan fingerprint density at radius 2 is 1.83 bits per heavy atom. The third-order valence-corrected chi connectivity index (χ3v) is 3.49. The Balaban J connectivity index is 2.02. The molecule has 2 aromatic carbocycles. The predicted octanol–water partition coefficient (Wildman–Crippen LogP) is 3.07. The minimum absolute atomic E-state index is 0.117. The minimum atomic E-state index is -0.312. The Labute approximate surface area is 142 Å². The van der Waals surface area contributed by atoms with Crippen LogP contribution in [0.25, 0.3) is 0 Å². The van der Waals surface area contributed by atoms with Crippen LogP contribution in [0.3, 0.4) is 0 Å². The first-order valence-electron chi connectivity index (χ1n) is 7.88. The normalized spacial score (nSPS) is 10.1. The monoisotopic (exact) mass is 326 g/mol. The predicted molar refractivity (Wildman–Crippen MR) is 94.5 cm³/mol. The van der Waals surface area contributed by atoms with Gasteiger partial charge in [-0.2, -0.15) is 0 Å². The van der Waals surface area contributed by atoms with Crippen molar-refractivity contribution in [1.29, 1.82) is 0 Å². The number of hydrogen-bond donors (Lipinski definition) is 2. The topological polar surface area (TPSA) is 67.4 Å². The Bertz CT molecular complexity index is 741. The highest BCUT2D eigenvalue weighted by Gasteiger charge is 2.13. The van der Waals surface area contributed by atoms with Gasteiger partial charge in [0.25, 0.3) is 11.8 Å². The molecule has 0 spiro atoms. The van der Waals surface area contributed by atoms with E-state index in [0.717, 1.165) is 11.1 Å². The van der Waals surface area contributed by atoms with E-state index in [2.05, 4.69) is 10.6 Å². The van der Waals surface area contributed by atoms with E-state index >= 15 is 0 Å². The SMILES string of the molecule is CCNC(=O)c1ccccc1NC(=O)COc1cc(C)ccc1C. The van der Waals surface area contributed by atoms with Gasteiger partial charge in [0.15, 0.2) is 6.61 Å². The molecule has 0 aliphatic rings. The van der Waals surface area contributed by atoms with Crippen LogP contribution in [-0.4, -0.2) is 25.0 Å². The molecule has 2 amide bonds. The molecule has 0 radical (unpaired) electrons. The molecule has 0 aliphatic heterocycles. The van der Waals surface area contributed by atoms with Crippen molar-refractivity contribution >= 4 is 17.5 Å². The van der Waals surface area contributed by atoms with Crippen LogP contribution in [0.5, 0.6) is 5.75 Å². The van der Waals surface area contributed by atoms with Crippen LogP contribution in [0.1, 0.15) is 28.4 Å². The molecule has 2 rings (SSSR count). The third-order valence-electron chi connectivity index (χ3n) is 3.49. The molecule has 0 saturated carbocycles. The number of anilines is 1. The van der Waals surface area contributed by atoms with E-state index in [1.807, 2.05) is 39.0 Å². The molecule has 0 heterocycles. The van der Waals surface area contributed by atoms with E-state index in [4.69, 9.17) is 4.74 Å². The second-order valence-electron chi connectivity index (χ2n) is 5.51. The lowest BCUT2D eigenvalue weighted by atomic mass is 10.1. The van der Waals surface area contributed by atoms with Gasteiger partial charge in [-0.15, -0.1) is 0 Å². The van der Waals surface area contributed by atoms with E-state index in [1.165, 1.54) is 0 Å². The zero-order valence-corrected chi connectivity index (χ0v) is 14.2. The number of benzene rings is 2. The minimum Gasteiger partial charge on any atom is -0.483 e. The van der Waals surface area contributed by atoms with Gasteiger partial charge in [0.1, 0.15) is 5.75 Å². The third kappa shape index (κ3) is 4.59. The summed E-state index contributed by atoms with van der Waals surface area (Å²) >= 11 is 0. The summed E-state index contributed by atoms with van der Waals surface area (Å²) in [5, 5.41) is 5.45. The largest absolute Gasteiger partial charge is 0.483 e. The lowest BCUT2D eigenvalue weighted by molar-refractivity contribution is -0.118. The van der Waals surface area contributed by atoms with E-state index in [-0.39, 0.29) is 18.4 Å². The molecule has 0 fully saturated rings. The molecule has 2 N–H and O–H groups in total. The summed E-state index contributed by atoms with van der Waals surface area (Å²) < 4.78 is 5.59. The molecule has 0 aliphatic carbocycles. The molecular weight excluding hydrogens is 304 g/mol. The smallest absolute Gasteiger partial charge is 0.262 e. The van der Waals surface area contributed by atoms with Gasteiger partial charge in [-0.1, -0.05) is 24.3 Å². The number of amides is 2. The second-order valence-corrected chi connectivity index (χ2v) is 5.51. The lowest BCUT2D eigenvalue weighted by Crippen LogP contribution is -2.26. The molecule has 5 heteroatoms. The van der Waals surface area contributed by atoms with Crippen molar-refractivity contribution in [2.24, 2.45) is 0 Å². The van der Waals surface area contributed by atoms with Crippen LogP contribution >= 0.6 is 0 Å². The van der Waals surface area contributed by atoms with Crippen LogP contribution in [0.15, 0.2) is 42.5 Å². The molecular formula is C19H22N2O3. The summed E-state index contributed by atoms with van der Waals surface area (Å²) in [6.07, 6.45) is 0. The van der Waals surface area contributed by atoms with Gasteiger partial charge in [0.05, 0.1) is 11.3 Å². The Morgan fingerprint density at radius 1 is 1.08 bits per heavy atom. The maximum absolute atomic E-state index is 12.1. The Morgan fingerprint density at radius 3 is 2.58 bits per heavy atom. The maximum Gasteiger partial charge on any atom is 0.262 e. The summed E-state index contributed by atoms with van der Waals surface area (Å²) in [4.78, 5) is 24.2. The van der Waals surface area contributed by atoms with Crippen molar-refractivity contribution < 1.29 is 14.3 Å². The van der Waals surface area contributed by atoms with Crippen LogP contribution in [0.4, 0.5) is 5.69 Å². The van der Waals surface area contributed by atoms with Gasteiger partial charge in [-0.3, -0.25) is 9.59 Å². The maximum atomic E-state index is 12.1. The quantitative estimate of drug-likeness (QED) is 0.857. The number of ether oxygens (including phenoxy) is 1. The van der Waals surface area contributed by atoms with Crippen molar-refractivity contribution in [3.63, 3.8) is 0 Å². The van der Waals surface area contributed by atoms with Crippen molar-refractivity contribution in [3.8, 4) is 5.75 Å². The number of carbonyl (C=O) groups excluding carboxylic acids is 2.